The Morgan fingerprint density at radius 3 is 2.92 bits per heavy atom. The van der Waals surface area contributed by atoms with Crippen molar-refractivity contribution in [2.24, 2.45) is 0 Å². The lowest BCUT2D eigenvalue weighted by atomic mass is 10.2. The predicted molar refractivity (Wildman–Crippen MR) is 91.9 cm³/mol. The summed E-state index contributed by atoms with van der Waals surface area (Å²) in [5.41, 5.74) is 1.41. The van der Waals surface area contributed by atoms with Crippen molar-refractivity contribution in [1.29, 1.82) is 0 Å². The molecule has 2 N–H and O–H groups in total. The van der Waals surface area contributed by atoms with E-state index in [1.807, 2.05) is 16.8 Å². The van der Waals surface area contributed by atoms with Crippen LogP contribution in [0.25, 0.3) is 11.3 Å². The highest BCUT2D eigenvalue weighted by Gasteiger charge is 2.18. The molecule has 1 amide bonds. The average molecular weight is 357 g/mol. The average Bonchev–Trinajstić information content (AvgIpc) is 3.38. The van der Waals surface area contributed by atoms with Gasteiger partial charge < -0.3 is 24.3 Å². The second-order valence-electron chi connectivity index (χ2n) is 5.51. The van der Waals surface area contributed by atoms with Crippen LogP contribution in [-0.4, -0.2) is 24.4 Å². The van der Waals surface area contributed by atoms with Gasteiger partial charge in [0.25, 0.3) is 5.91 Å². The molecule has 1 unspecified atom stereocenters. The van der Waals surface area contributed by atoms with E-state index in [-0.39, 0.29) is 19.2 Å². The van der Waals surface area contributed by atoms with Gasteiger partial charge in [-0.25, -0.2) is 0 Å². The zero-order valence-electron chi connectivity index (χ0n) is 13.1. The van der Waals surface area contributed by atoms with Gasteiger partial charge in [0.05, 0.1) is 6.54 Å². The quantitative estimate of drug-likeness (QED) is 0.733. The highest BCUT2D eigenvalue weighted by Crippen LogP contribution is 2.32. The summed E-state index contributed by atoms with van der Waals surface area (Å²) < 4.78 is 16.1. The molecule has 1 atom stereocenters. The number of hydrogen-bond acceptors (Lipinski definition) is 6. The summed E-state index contributed by atoms with van der Waals surface area (Å²) in [6.45, 7) is 0.202. The maximum Gasteiger partial charge on any atom is 0.251 e. The third-order valence-corrected chi connectivity index (χ3v) is 4.53. The number of aliphatic hydroxyl groups is 1. The lowest BCUT2D eigenvalue weighted by molar-refractivity contribution is 0.0901. The van der Waals surface area contributed by atoms with Crippen molar-refractivity contribution >= 4 is 17.2 Å². The Morgan fingerprint density at radius 2 is 2.08 bits per heavy atom. The highest BCUT2D eigenvalue weighted by atomic mass is 32.1. The minimum atomic E-state index is -0.926. The molecular weight excluding hydrogens is 342 g/mol. The van der Waals surface area contributed by atoms with Gasteiger partial charge in [0, 0.05) is 16.5 Å². The number of carbonyl (C=O) groups excluding carboxylic acids is 1. The molecule has 6 nitrogen and oxygen atoms in total. The summed E-state index contributed by atoms with van der Waals surface area (Å²) >= 11 is 1.57. The molecule has 0 saturated heterocycles. The molecule has 1 aromatic carbocycles. The third-order valence-electron chi connectivity index (χ3n) is 3.85. The Labute approximate surface area is 147 Å². The minimum absolute atomic E-state index is 0.0455. The Kier molecular flexibility index (Phi) is 4.17. The number of fused-ring (bicyclic) bond motifs is 1. The summed E-state index contributed by atoms with van der Waals surface area (Å²) in [5.74, 6) is 1.96. The van der Waals surface area contributed by atoms with Crippen LogP contribution in [0.2, 0.25) is 0 Å². The van der Waals surface area contributed by atoms with Gasteiger partial charge in [-0.15, -0.1) is 0 Å². The monoisotopic (exact) mass is 357 g/mol. The zero-order valence-corrected chi connectivity index (χ0v) is 13.9. The lowest BCUT2D eigenvalue weighted by Crippen LogP contribution is -2.28. The molecule has 0 spiro atoms. The van der Waals surface area contributed by atoms with Crippen molar-refractivity contribution in [3.05, 3.63) is 58.5 Å². The van der Waals surface area contributed by atoms with Gasteiger partial charge >= 0.3 is 0 Å². The summed E-state index contributed by atoms with van der Waals surface area (Å²) in [5, 5.41) is 16.8. The maximum absolute atomic E-state index is 12.2. The van der Waals surface area contributed by atoms with E-state index in [0.717, 1.165) is 5.56 Å². The molecule has 2 aromatic heterocycles. The van der Waals surface area contributed by atoms with Gasteiger partial charge in [-0.2, -0.15) is 11.3 Å². The summed E-state index contributed by atoms with van der Waals surface area (Å²) in [6.07, 6.45) is -0.926. The van der Waals surface area contributed by atoms with E-state index in [1.165, 1.54) is 0 Å². The van der Waals surface area contributed by atoms with Crippen LogP contribution in [0, 0.1) is 0 Å². The Morgan fingerprint density at radius 1 is 1.20 bits per heavy atom. The molecule has 1 aliphatic rings. The van der Waals surface area contributed by atoms with E-state index >= 15 is 0 Å². The molecule has 3 heterocycles. The largest absolute Gasteiger partial charge is 0.458 e. The van der Waals surface area contributed by atoms with Crippen molar-refractivity contribution in [2.45, 2.75) is 6.10 Å². The standard InChI is InChI=1S/C18H15NO5S/c20-13(15-4-3-14(24-15)12-5-6-25-9-12)8-19-18(21)11-1-2-16-17(7-11)23-10-22-16/h1-7,9,13,20H,8,10H2,(H,19,21). The van der Waals surface area contributed by atoms with Crippen molar-refractivity contribution in [3.8, 4) is 22.8 Å². The van der Waals surface area contributed by atoms with Gasteiger partial charge in [0.1, 0.15) is 17.6 Å². The summed E-state index contributed by atoms with van der Waals surface area (Å²) in [7, 11) is 0. The first kappa shape index (κ1) is 15.7. The fraction of sp³-hybridized carbons (Fsp3) is 0.167. The van der Waals surface area contributed by atoms with E-state index in [9.17, 15) is 9.90 Å². The number of carbonyl (C=O) groups is 1. The first-order valence-corrected chi connectivity index (χ1v) is 8.63. The fourth-order valence-electron chi connectivity index (χ4n) is 2.52. The summed E-state index contributed by atoms with van der Waals surface area (Å²) in [4.78, 5) is 12.2. The van der Waals surface area contributed by atoms with Crippen LogP contribution >= 0.6 is 11.3 Å². The van der Waals surface area contributed by atoms with Crippen LogP contribution in [-0.2, 0) is 0 Å². The Balaban J connectivity index is 1.38. The fourth-order valence-corrected chi connectivity index (χ4v) is 3.17. The lowest BCUT2D eigenvalue weighted by Gasteiger charge is -2.10. The molecule has 0 radical (unpaired) electrons. The SMILES string of the molecule is O=C(NCC(O)c1ccc(-c2ccsc2)o1)c1ccc2c(c1)OCO2. The van der Waals surface area contributed by atoms with Crippen LogP contribution in [0.3, 0.4) is 0 Å². The molecular formula is C18H15NO5S. The number of ether oxygens (including phenoxy) is 2. The smallest absolute Gasteiger partial charge is 0.251 e. The molecule has 3 aromatic rings. The van der Waals surface area contributed by atoms with E-state index < -0.39 is 6.10 Å². The Hall–Kier alpha value is -2.77. The van der Waals surface area contributed by atoms with Crippen molar-refractivity contribution in [1.82, 2.24) is 5.32 Å². The first-order valence-electron chi connectivity index (χ1n) is 7.69. The van der Waals surface area contributed by atoms with Crippen LogP contribution in [0.5, 0.6) is 11.5 Å². The van der Waals surface area contributed by atoms with Crippen molar-refractivity contribution < 1.29 is 23.8 Å². The number of aliphatic hydroxyl groups excluding tert-OH is 1. The predicted octanol–water partition coefficient (Wildman–Crippen LogP) is 3.20. The number of benzene rings is 1. The first-order chi connectivity index (χ1) is 12.2. The van der Waals surface area contributed by atoms with E-state index in [2.05, 4.69) is 5.32 Å². The molecule has 0 aliphatic carbocycles. The van der Waals surface area contributed by atoms with Gasteiger partial charge in [0.15, 0.2) is 11.5 Å². The number of rotatable bonds is 5. The van der Waals surface area contributed by atoms with E-state index in [1.54, 1.807) is 41.7 Å². The third kappa shape index (κ3) is 3.24. The van der Waals surface area contributed by atoms with Crippen molar-refractivity contribution in [3.63, 3.8) is 0 Å². The molecule has 1 aliphatic heterocycles. The zero-order chi connectivity index (χ0) is 17.2. The van der Waals surface area contributed by atoms with E-state index in [4.69, 9.17) is 13.9 Å². The molecule has 7 heteroatoms. The topological polar surface area (TPSA) is 80.9 Å². The number of amides is 1. The maximum atomic E-state index is 12.2. The van der Waals surface area contributed by atoms with E-state index in [0.29, 0.717) is 28.6 Å². The van der Waals surface area contributed by atoms with Crippen LogP contribution in [0.1, 0.15) is 22.2 Å². The Bertz CT molecular complexity index is 887. The van der Waals surface area contributed by atoms with Gasteiger partial charge in [-0.1, -0.05) is 0 Å². The molecule has 128 valence electrons. The van der Waals surface area contributed by atoms with Crippen molar-refractivity contribution in [2.75, 3.05) is 13.3 Å². The number of thiophene rings is 1. The molecule has 4 rings (SSSR count). The number of furan rings is 1. The molecule has 0 saturated carbocycles. The molecule has 25 heavy (non-hydrogen) atoms. The molecule has 0 bridgehead atoms. The summed E-state index contributed by atoms with van der Waals surface area (Å²) in [6, 6.07) is 10.4. The normalized spacial score (nSPS) is 13.6. The second-order valence-corrected chi connectivity index (χ2v) is 6.29. The van der Waals surface area contributed by atoms with Gasteiger partial charge in [-0.05, 0) is 41.8 Å². The highest BCUT2D eigenvalue weighted by molar-refractivity contribution is 7.08. The van der Waals surface area contributed by atoms with Crippen LogP contribution < -0.4 is 14.8 Å². The van der Waals surface area contributed by atoms with Gasteiger partial charge in [0.2, 0.25) is 6.79 Å². The number of nitrogens with one attached hydrogen (secondary N) is 1. The van der Waals surface area contributed by atoms with Crippen LogP contribution in [0.4, 0.5) is 0 Å². The number of hydrogen-bond donors (Lipinski definition) is 2. The molecule has 0 fully saturated rings. The second kappa shape index (κ2) is 6.62. The van der Waals surface area contributed by atoms with Crippen LogP contribution in [0.15, 0.2) is 51.6 Å². The van der Waals surface area contributed by atoms with Gasteiger partial charge in [-0.3, -0.25) is 4.79 Å². The minimum Gasteiger partial charge on any atom is -0.458 e.